The minimum Gasteiger partial charge on any atom is -0.339 e. The monoisotopic (exact) mass is 437 g/mol. The maximum atomic E-state index is 12.7. The lowest BCUT2D eigenvalue weighted by Crippen LogP contribution is -2.49. The van der Waals surface area contributed by atoms with Crippen LogP contribution in [0.2, 0.25) is 0 Å². The van der Waals surface area contributed by atoms with Crippen molar-refractivity contribution in [2.24, 2.45) is 7.05 Å². The summed E-state index contributed by atoms with van der Waals surface area (Å²) >= 11 is 3.20. The van der Waals surface area contributed by atoms with Gasteiger partial charge in [-0.05, 0) is 24.3 Å². The molecule has 0 atom stereocenters. The first-order valence-electron chi connectivity index (χ1n) is 10.1. The van der Waals surface area contributed by atoms with Crippen LogP contribution < -0.4 is 0 Å². The fraction of sp³-hybridized carbons (Fsp3) is 0.318. The highest BCUT2D eigenvalue weighted by Crippen LogP contribution is 2.29. The Kier molecular flexibility index (Phi) is 5.45. The Morgan fingerprint density at radius 3 is 2.50 bits per heavy atom. The van der Waals surface area contributed by atoms with Crippen molar-refractivity contribution >= 4 is 50.3 Å². The second-order valence-electron chi connectivity index (χ2n) is 7.47. The van der Waals surface area contributed by atoms with E-state index in [-0.39, 0.29) is 5.91 Å². The van der Waals surface area contributed by atoms with Gasteiger partial charge in [-0.1, -0.05) is 36.0 Å². The second kappa shape index (κ2) is 8.37. The van der Waals surface area contributed by atoms with E-state index >= 15 is 0 Å². The van der Waals surface area contributed by atoms with Crippen molar-refractivity contribution in [3.05, 3.63) is 54.4 Å². The summed E-state index contributed by atoms with van der Waals surface area (Å²) in [6, 6.07) is 16.3. The molecule has 2 aromatic heterocycles. The minimum atomic E-state index is 0.196. The SMILES string of the molecule is Cn1c(CN2CCN(C(=O)CSc3nc4ccccc4s3)CC2)nc2ccccc21. The third-order valence-electron chi connectivity index (χ3n) is 5.56. The average molecular weight is 438 g/mol. The van der Waals surface area contributed by atoms with Crippen LogP contribution in [0, 0.1) is 0 Å². The first-order chi connectivity index (χ1) is 14.7. The molecule has 0 bridgehead atoms. The standard InChI is InChI=1S/C22H23N5OS2/c1-25-18-8-4-2-6-16(18)23-20(25)14-26-10-12-27(13-11-26)21(28)15-29-22-24-17-7-3-5-9-19(17)30-22/h2-9H,10-15H2,1H3. The van der Waals surface area contributed by atoms with Gasteiger partial charge in [-0.15, -0.1) is 11.3 Å². The fourth-order valence-corrected chi connectivity index (χ4v) is 5.79. The number of para-hydroxylation sites is 3. The van der Waals surface area contributed by atoms with Crippen LogP contribution in [0.25, 0.3) is 21.3 Å². The molecule has 0 N–H and O–H groups in total. The van der Waals surface area contributed by atoms with E-state index in [0.29, 0.717) is 5.75 Å². The van der Waals surface area contributed by atoms with Crippen LogP contribution in [0.15, 0.2) is 52.9 Å². The molecule has 0 aliphatic carbocycles. The highest BCUT2D eigenvalue weighted by molar-refractivity contribution is 8.01. The zero-order chi connectivity index (χ0) is 20.5. The van der Waals surface area contributed by atoms with Gasteiger partial charge in [0, 0.05) is 33.2 Å². The van der Waals surface area contributed by atoms with Crippen molar-refractivity contribution in [1.29, 1.82) is 0 Å². The number of nitrogens with zero attached hydrogens (tertiary/aromatic N) is 5. The molecular formula is C22H23N5OS2. The van der Waals surface area contributed by atoms with Crippen LogP contribution in [0.1, 0.15) is 5.82 Å². The van der Waals surface area contributed by atoms with E-state index in [1.54, 1.807) is 23.1 Å². The number of carbonyl (C=O) groups is 1. The number of imidazole rings is 1. The molecule has 4 aromatic rings. The zero-order valence-corrected chi connectivity index (χ0v) is 18.5. The summed E-state index contributed by atoms with van der Waals surface area (Å²) in [5, 5.41) is 0. The Balaban J connectivity index is 1.14. The fourth-order valence-electron chi connectivity index (χ4n) is 3.82. The predicted octanol–water partition coefficient (Wildman–Crippen LogP) is 3.62. The van der Waals surface area contributed by atoms with E-state index in [1.807, 2.05) is 35.2 Å². The van der Waals surface area contributed by atoms with Crippen LogP contribution in [-0.4, -0.2) is 62.2 Å². The number of thioether (sulfide) groups is 1. The molecule has 30 heavy (non-hydrogen) atoms. The topological polar surface area (TPSA) is 54.3 Å². The molecule has 1 saturated heterocycles. The Hall–Kier alpha value is -2.42. The summed E-state index contributed by atoms with van der Waals surface area (Å²) < 4.78 is 4.30. The number of aromatic nitrogens is 3. The van der Waals surface area contributed by atoms with E-state index < -0.39 is 0 Å². The quantitative estimate of drug-likeness (QED) is 0.447. The number of rotatable bonds is 5. The molecule has 3 heterocycles. The van der Waals surface area contributed by atoms with E-state index in [2.05, 4.69) is 39.7 Å². The third-order valence-corrected chi connectivity index (χ3v) is 7.73. The number of carbonyl (C=O) groups excluding carboxylic acids is 1. The zero-order valence-electron chi connectivity index (χ0n) is 16.8. The van der Waals surface area contributed by atoms with Crippen LogP contribution in [-0.2, 0) is 18.4 Å². The van der Waals surface area contributed by atoms with Crippen molar-refractivity contribution in [1.82, 2.24) is 24.3 Å². The van der Waals surface area contributed by atoms with Crippen molar-refractivity contribution in [2.45, 2.75) is 10.9 Å². The second-order valence-corrected chi connectivity index (χ2v) is 9.72. The van der Waals surface area contributed by atoms with Gasteiger partial charge in [0.1, 0.15) is 5.82 Å². The van der Waals surface area contributed by atoms with Gasteiger partial charge in [0.15, 0.2) is 4.34 Å². The van der Waals surface area contributed by atoms with Gasteiger partial charge in [0.2, 0.25) is 5.91 Å². The first-order valence-corrected chi connectivity index (χ1v) is 11.9. The summed E-state index contributed by atoms with van der Waals surface area (Å²) in [5.74, 6) is 1.72. The smallest absolute Gasteiger partial charge is 0.233 e. The van der Waals surface area contributed by atoms with Crippen LogP contribution in [0.3, 0.4) is 0 Å². The van der Waals surface area contributed by atoms with E-state index in [4.69, 9.17) is 4.98 Å². The maximum absolute atomic E-state index is 12.7. The molecule has 1 aliphatic heterocycles. The Labute approximate surface area is 183 Å². The van der Waals surface area contributed by atoms with Gasteiger partial charge in [-0.25, -0.2) is 9.97 Å². The van der Waals surface area contributed by atoms with Crippen LogP contribution in [0.5, 0.6) is 0 Å². The highest BCUT2D eigenvalue weighted by Gasteiger charge is 2.22. The van der Waals surface area contributed by atoms with E-state index in [0.717, 1.165) is 59.4 Å². The Bertz CT molecular complexity index is 1160. The molecule has 0 spiro atoms. The summed E-state index contributed by atoms with van der Waals surface area (Å²) in [6.07, 6.45) is 0. The molecule has 0 unspecified atom stereocenters. The van der Waals surface area contributed by atoms with Gasteiger partial charge in [-0.2, -0.15) is 0 Å². The molecule has 6 nitrogen and oxygen atoms in total. The summed E-state index contributed by atoms with van der Waals surface area (Å²) in [7, 11) is 2.07. The number of piperazine rings is 1. The lowest BCUT2D eigenvalue weighted by Gasteiger charge is -2.34. The Morgan fingerprint density at radius 1 is 1.00 bits per heavy atom. The number of amides is 1. The molecule has 8 heteroatoms. The summed E-state index contributed by atoms with van der Waals surface area (Å²) in [4.78, 5) is 26.4. The predicted molar refractivity (Wildman–Crippen MR) is 123 cm³/mol. The molecule has 2 aromatic carbocycles. The lowest BCUT2D eigenvalue weighted by molar-refractivity contribution is -0.130. The number of aryl methyl sites for hydroxylation is 1. The largest absolute Gasteiger partial charge is 0.339 e. The normalized spacial score (nSPS) is 15.3. The summed E-state index contributed by atoms with van der Waals surface area (Å²) in [6.45, 7) is 4.10. The molecule has 5 rings (SSSR count). The lowest BCUT2D eigenvalue weighted by atomic mass is 10.3. The number of fused-ring (bicyclic) bond motifs is 2. The maximum Gasteiger partial charge on any atom is 0.233 e. The van der Waals surface area contributed by atoms with Crippen LogP contribution in [0.4, 0.5) is 0 Å². The van der Waals surface area contributed by atoms with Gasteiger partial charge < -0.3 is 9.47 Å². The number of hydrogen-bond donors (Lipinski definition) is 0. The average Bonchev–Trinajstić information content (AvgIpc) is 3.33. The highest BCUT2D eigenvalue weighted by atomic mass is 32.2. The number of benzene rings is 2. The van der Waals surface area contributed by atoms with Crippen molar-refractivity contribution in [3.8, 4) is 0 Å². The molecule has 1 amide bonds. The van der Waals surface area contributed by atoms with Crippen LogP contribution >= 0.6 is 23.1 Å². The molecule has 1 aliphatic rings. The molecular weight excluding hydrogens is 414 g/mol. The van der Waals surface area contributed by atoms with Gasteiger partial charge in [0.25, 0.3) is 0 Å². The number of hydrogen-bond acceptors (Lipinski definition) is 6. The van der Waals surface area contributed by atoms with E-state index in [9.17, 15) is 4.79 Å². The summed E-state index contributed by atoms with van der Waals surface area (Å²) in [5.41, 5.74) is 3.21. The van der Waals surface area contributed by atoms with Gasteiger partial charge in [-0.3, -0.25) is 9.69 Å². The van der Waals surface area contributed by atoms with Gasteiger partial charge in [0.05, 0.1) is 33.5 Å². The van der Waals surface area contributed by atoms with Crippen molar-refractivity contribution in [3.63, 3.8) is 0 Å². The Morgan fingerprint density at radius 2 is 1.73 bits per heavy atom. The molecule has 0 radical (unpaired) electrons. The first kappa shape index (κ1) is 19.5. The van der Waals surface area contributed by atoms with Crippen molar-refractivity contribution < 1.29 is 4.79 Å². The molecule has 1 fully saturated rings. The molecule has 0 saturated carbocycles. The van der Waals surface area contributed by atoms with Gasteiger partial charge >= 0.3 is 0 Å². The number of thiazole rings is 1. The van der Waals surface area contributed by atoms with Crippen molar-refractivity contribution in [2.75, 3.05) is 31.9 Å². The minimum absolute atomic E-state index is 0.196. The van der Waals surface area contributed by atoms with E-state index in [1.165, 1.54) is 4.70 Å². The third kappa shape index (κ3) is 3.95. The molecule has 154 valence electrons.